The third-order valence-electron chi connectivity index (χ3n) is 2.74. The normalized spacial score (nSPS) is 12.3. The van der Waals surface area contributed by atoms with Gasteiger partial charge in [-0.25, -0.2) is 0 Å². The molecule has 0 aliphatic rings. The van der Waals surface area contributed by atoms with Gasteiger partial charge in [-0.3, -0.25) is 0 Å². The van der Waals surface area contributed by atoms with Crippen molar-refractivity contribution in [3.8, 4) is 22.2 Å². The summed E-state index contributed by atoms with van der Waals surface area (Å²) in [7, 11) is 0. The highest BCUT2D eigenvalue weighted by molar-refractivity contribution is 7.19. The van der Waals surface area contributed by atoms with Crippen molar-refractivity contribution in [1.29, 1.82) is 0 Å². The molecule has 4 rings (SSSR count). The van der Waals surface area contributed by atoms with E-state index in [0.717, 1.165) is 15.9 Å². The number of fused-ring (bicyclic) bond motifs is 1. The van der Waals surface area contributed by atoms with E-state index >= 15 is 0 Å². The molecule has 0 aromatic carbocycles. The van der Waals surface area contributed by atoms with Crippen molar-refractivity contribution in [2.75, 3.05) is 0 Å². The second-order valence-corrected chi connectivity index (χ2v) is 5.61. The lowest BCUT2D eigenvalue weighted by Gasteiger charge is -2.01. The molecule has 112 valence electrons. The summed E-state index contributed by atoms with van der Waals surface area (Å²) in [6.07, 6.45) is 1.50. The van der Waals surface area contributed by atoms with Crippen LogP contribution in [0.5, 0.6) is 0 Å². The van der Waals surface area contributed by atoms with Crippen molar-refractivity contribution in [3.63, 3.8) is 0 Å². The number of alkyl halides is 3. The summed E-state index contributed by atoms with van der Waals surface area (Å²) in [5.74, 6) is 0.144. The van der Waals surface area contributed by atoms with Crippen LogP contribution < -0.4 is 0 Å². The first kappa shape index (κ1) is 13.3. The number of furan rings is 1. The Bertz CT molecular complexity index is 940. The molecule has 7 nitrogen and oxygen atoms in total. The molecule has 4 aromatic heterocycles. The molecule has 0 aliphatic heterocycles. The largest absolute Gasteiger partial charge is 0.461 e. The molecule has 0 aliphatic carbocycles. The van der Waals surface area contributed by atoms with Gasteiger partial charge in [0.05, 0.1) is 6.26 Å². The summed E-state index contributed by atoms with van der Waals surface area (Å²) in [5.41, 5.74) is 0.366. The van der Waals surface area contributed by atoms with Crippen LogP contribution in [0.1, 0.15) is 5.82 Å². The Morgan fingerprint density at radius 1 is 1.27 bits per heavy atom. The van der Waals surface area contributed by atoms with Gasteiger partial charge in [-0.2, -0.15) is 18.4 Å². The van der Waals surface area contributed by atoms with Gasteiger partial charge in [-0.1, -0.05) is 16.5 Å². The van der Waals surface area contributed by atoms with E-state index in [1.807, 2.05) is 0 Å². The van der Waals surface area contributed by atoms with Crippen LogP contribution in [0.15, 0.2) is 33.4 Å². The molecule has 0 fully saturated rings. The molecule has 4 heterocycles. The molecular weight excluding hydrogens is 340 g/mol. The zero-order valence-corrected chi connectivity index (χ0v) is 12.0. The van der Waals surface area contributed by atoms with Crippen molar-refractivity contribution in [1.82, 2.24) is 25.0 Å². The van der Waals surface area contributed by atoms with Crippen LogP contribution in [-0.4, -0.2) is 25.0 Å². The van der Waals surface area contributed by atoms with Gasteiger partial charge in [0.2, 0.25) is 16.5 Å². The van der Waals surface area contributed by atoms with Crippen LogP contribution in [0.2, 0.25) is 0 Å². The lowest BCUT2D eigenvalue weighted by atomic mass is 10.3. The van der Waals surface area contributed by atoms with Crippen LogP contribution in [0, 0.1) is 0 Å². The minimum atomic E-state index is -3.66. The van der Waals surface area contributed by atoms with Crippen LogP contribution in [0.3, 0.4) is 0 Å². The zero-order chi connectivity index (χ0) is 15.3. The summed E-state index contributed by atoms with van der Waals surface area (Å²) in [5, 5.41) is 11.5. The first-order chi connectivity index (χ1) is 10.5. The fourth-order valence-electron chi connectivity index (χ4n) is 1.81. The third-order valence-corrected chi connectivity index (χ3v) is 3.83. The predicted octanol–water partition coefficient (Wildman–Crippen LogP) is 3.39. The van der Waals surface area contributed by atoms with E-state index in [9.17, 15) is 8.78 Å². The Balaban J connectivity index is 1.77. The highest BCUT2D eigenvalue weighted by Crippen LogP contribution is 2.34. The molecule has 0 radical (unpaired) electrons. The molecule has 0 unspecified atom stereocenters. The number of hydrogen-bond donors (Lipinski definition) is 0. The standard InChI is InChI=1S/C11H4ClF2N5O2S/c12-11(13,14)9-15-16-10-19(9)17-8(22-10)5-4-7(21-18-5)6-2-1-3-20-6/h1-4H. The summed E-state index contributed by atoms with van der Waals surface area (Å²) in [4.78, 5) is 0.174. The first-order valence-corrected chi connectivity index (χ1v) is 7.02. The maximum absolute atomic E-state index is 13.2. The van der Waals surface area contributed by atoms with E-state index in [1.54, 1.807) is 18.2 Å². The fourth-order valence-corrected chi connectivity index (χ4v) is 2.72. The molecule has 22 heavy (non-hydrogen) atoms. The molecule has 4 aromatic rings. The van der Waals surface area contributed by atoms with Crippen LogP contribution >= 0.6 is 22.9 Å². The monoisotopic (exact) mass is 343 g/mol. The highest BCUT2D eigenvalue weighted by Gasteiger charge is 2.36. The van der Waals surface area contributed by atoms with Crippen LogP contribution in [0.4, 0.5) is 8.78 Å². The summed E-state index contributed by atoms with van der Waals surface area (Å²) in [6, 6.07) is 4.99. The summed E-state index contributed by atoms with van der Waals surface area (Å²) < 4.78 is 37.6. The summed E-state index contributed by atoms with van der Waals surface area (Å²) >= 11 is 6.00. The topological polar surface area (TPSA) is 82.2 Å². The van der Waals surface area contributed by atoms with Gasteiger partial charge in [0.25, 0.3) is 0 Å². The number of halogens is 3. The molecular formula is C11H4ClF2N5O2S. The van der Waals surface area contributed by atoms with E-state index < -0.39 is 11.2 Å². The van der Waals surface area contributed by atoms with Crippen molar-refractivity contribution in [2.45, 2.75) is 5.38 Å². The minimum Gasteiger partial charge on any atom is -0.461 e. The van der Waals surface area contributed by atoms with Crippen LogP contribution in [-0.2, 0) is 5.38 Å². The van der Waals surface area contributed by atoms with Gasteiger partial charge in [0.1, 0.15) is 5.69 Å². The molecule has 0 atom stereocenters. The highest BCUT2D eigenvalue weighted by atomic mass is 35.5. The third kappa shape index (κ3) is 2.07. The lowest BCUT2D eigenvalue weighted by molar-refractivity contribution is 0.0821. The Hall–Kier alpha value is -2.33. The number of aromatic nitrogens is 5. The number of nitrogens with zero attached hydrogens (tertiary/aromatic N) is 5. The maximum Gasteiger partial charge on any atom is 0.383 e. The smallest absolute Gasteiger partial charge is 0.383 e. The van der Waals surface area contributed by atoms with Crippen molar-refractivity contribution in [3.05, 3.63) is 30.3 Å². The van der Waals surface area contributed by atoms with E-state index in [2.05, 4.69) is 20.5 Å². The lowest BCUT2D eigenvalue weighted by Crippen LogP contribution is -2.10. The van der Waals surface area contributed by atoms with Gasteiger partial charge in [-0.15, -0.1) is 10.2 Å². The van der Waals surface area contributed by atoms with Crippen molar-refractivity contribution in [2.24, 2.45) is 0 Å². The molecule has 11 heteroatoms. The zero-order valence-electron chi connectivity index (χ0n) is 10.4. The second-order valence-electron chi connectivity index (χ2n) is 4.18. The van der Waals surface area contributed by atoms with Gasteiger partial charge < -0.3 is 8.94 Å². The number of hydrogen-bond acceptors (Lipinski definition) is 7. The molecule has 0 spiro atoms. The van der Waals surface area contributed by atoms with E-state index in [4.69, 9.17) is 20.5 Å². The Morgan fingerprint density at radius 2 is 2.14 bits per heavy atom. The maximum atomic E-state index is 13.2. The summed E-state index contributed by atoms with van der Waals surface area (Å²) in [6.45, 7) is 0. The first-order valence-electron chi connectivity index (χ1n) is 5.83. The van der Waals surface area contributed by atoms with E-state index in [1.165, 1.54) is 6.26 Å². The van der Waals surface area contributed by atoms with Gasteiger partial charge >= 0.3 is 5.38 Å². The Morgan fingerprint density at radius 3 is 2.86 bits per heavy atom. The minimum absolute atomic E-state index is 0.174. The average molecular weight is 344 g/mol. The van der Waals surface area contributed by atoms with E-state index in [-0.39, 0.29) is 4.96 Å². The van der Waals surface area contributed by atoms with Crippen LogP contribution in [0.25, 0.3) is 27.2 Å². The molecule has 0 saturated carbocycles. The quantitative estimate of drug-likeness (QED) is 0.530. The molecule has 0 amide bonds. The molecule has 0 N–H and O–H groups in total. The van der Waals surface area contributed by atoms with Gasteiger partial charge in [0, 0.05) is 6.07 Å². The number of rotatable bonds is 3. The van der Waals surface area contributed by atoms with Crippen molar-refractivity contribution >= 4 is 27.9 Å². The van der Waals surface area contributed by atoms with Gasteiger partial charge in [-0.05, 0) is 23.7 Å². The molecule has 0 bridgehead atoms. The Labute approximate surface area is 129 Å². The van der Waals surface area contributed by atoms with Crippen molar-refractivity contribution < 1.29 is 17.7 Å². The fraction of sp³-hybridized carbons (Fsp3) is 0.0909. The average Bonchev–Trinajstić information content (AvgIpc) is 3.20. The van der Waals surface area contributed by atoms with E-state index in [0.29, 0.717) is 22.2 Å². The molecule has 0 saturated heterocycles. The SMILES string of the molecule is FC(F)(Cl)c1nnc2sc(-c3cc(-c4ccco4)on3)nn12. The predicted molar refractivity (Wildman–Crippen MR) is 71.6 cm³/mol. The Kier molecular flexibility index (Phi) is 2.78. The van der Waals surface area contributed by atoms with Gasteiger partial charge in [0.15, 0.2) is 10.8 Å². The second kappa shape index (κ2) is 4.58.